The summed E-state index contributed by atoms with van der Waals surface area (Å²) in [7, 11) is 0. The van der Waals surface area contributed by atoms with Crippen LogP contribution in [0.15, 0.2) is 12.3 Å². The Morgan fingerprint density at radius 3 is 2.69 bits per heavy atom. The number of aryl methyl sites for hydroxylation is 1. The Kier molecular flexibility index (Phi) is 2.33. The van der Waals surface area contributed by atoms with Gasteiger partial charge in [-0.3, -0.25) is 10.5 Å². The normalized spacial score (nSPS) is 20.8. The largest absolute Gasteiger partial charge is 0.269 e. The van der Waals surface area contributed by atoms with E-state index in [4.69, 9.17) is 5.84 Å². The maximum atomic E-state index is 5.69. The first-order valence-corrected chi connectivity index (χ1v) is 4.77. The second-order valence-electron chi connectivity index (χ2n) is 3.68. The highest BCUT2D eigenvalue weighted by atomic mass is 15.4. The molecule has 0 spiro atoms. The van der Waals surface area contributed by atoms with Crippen LogP contribution in [0.3, 0.4) is 0 Å². The molecule has 1 aromatic rings. The Balaban J connectivity index is 2.06. The molecule has 1 fully saturated rings. The van der Waals surface area contributed by atoms with E-state index < -0.39 is 0 Å². The van der Waals surface area contributed by atoms with Crippen LogP contribution in [-0.4, -0.2) is 27.9 Å². The lowest BCUT2D eigenvalue weighted by Gasteiger charge is -2.29. The fourth-order valence-electron chi connectivity index (χ4n) is 1.89. The van der Waals surface area contributed by atoms with Crippen molar-refractivity contribution in [1.29, 1.82) is 0 Å². The molecule has 1 aliphatic rings. The molecule has 4 heteroatoms. The topological polar surface area (TPSA) is 47.1 Å². The molecule has 72 valence electrons. The van der Waals surface area contributed by atoms with E-state index >= 15 is 0 Å². The quantitative estimate of drug-likeness (QED) is 0.647. The van der Waals surface area contributed by atoms with Crippen LogP contribution in [0.5, 0.6) is 0 Å². The summed E-state index contributed by atoms with van der Waals surface area (Å²) in [5.41, 5.74) is 1.25. The van der Waals surface area contributed by atoms with E-state index in [2.05, 4.69) is 22.8 Å². The van der Waals surface area contributed by atoms with Crippen LogP contribution in [0.25, 0.3) is 0 Å². The van der Waals surface area contributed by atoms with Crippen molar-refractivity contribution in [3.05, 3.63) is 18.0 Å². The van der Waals surface area contributed by atoms with Gasteiger partial charge in [-0.05, 0) is 25.8 Å². The van der Waals surface area contributed by atoms with Gasteiger partial charge in [0.25, 0.3) is 0 Å². The van der Waals surface area contributed by atoms with Crippen molar-refractivity contribution in [3.8, 4) is 0 Å². The molecule has 1 aliphatic heterocycles. The number of hydrazine groups is 1. The van der Waals surface area contributed by atoms with Crippen LogP contribution in [0, 0.1) is 6.92 Å². The van der Waals surface area contributed by atoms with E-state index in [0.29, 0.717) is 6.04 Å². The molecule has 2 rings (SSSR count). The minimum Gasteiger partial charge on any atom is -0.269 e. The predicted molar refractivity (Wildman–Crippen MR) is 51.0 cm³/mol. The molecule has 0 radical (unpaired) electrons. The summed E-state index contributed by atoms with van der Waals surface area (Å²) < 4.78 is 2.12. The minimum absolute atomic E-state index is 0.551. The Hall–Kier alpha value is -0.870. The molecule has 13 heavy (non-hydrogen) atoms. The maximum Gasteiger partial charge on any atom is 0.0547 e. The van der Waals surface area contributed by atoms with Crippen molar-refractivity contribution in [2.24, 2.45) is 5.84 Å². The molecule has 0 aliphatic carbocycles. The molecule has 1 saturated heterocycles. The Morgan fingerprint density at radius 1 is 1.46 bits per heavy atom. The summed E-state index contributed by atoms with van der Waals surface area (Å²) in [5.74, 6) is 5.69. The number of hydrogen-bond acceptors (Lipinski definition) is 3. The first-order chi connectivity index (χ1) is 6.27. The van der Waals surface area contributed by atoms with Gasteiger partial charge < -0.3 is 0 Å². The zero-order chi connectivity index (χ0) is 9.26. The van der Waals surface area contributed by atoms with E-state index in [-0.39, 0.29) is 0 Å². The van der Waals surface area contributed by atoms with Gasteiger partial charge in [-0.25, -0.2) is 5.01 Å². The number of rotatable bonds is 1. The van der Waals surface area contributed by atoms with Crippen LogP contribution < -0.4 is 5.84 Å². The summed E-state index contributed by atoms with van der Waals surface area (Å²) in [6.45, 7) is 4.05. The van der Waals surface area contributed by atoms with E-state index in [1.807, 2.05) is 11.2 Å². The monoisotopic (exact) mass is 180 g/mol. The lowest BCUT2D eigenvalue weighted by atomic mass is 10.1. The van der Waals surface area contributed by atoms with E-state index in [9.17, 15) is 0 Å². The van der Waals surface area contributed by atoms with Crippen LogP contribution in [0.1, 0.15) is 24.6 Å². The van der Waals surface area contributed by atoms with E-state index in [1.54, 1.807) is 0 Å². The first kappa shape index (κ1) is 8.72. The molecule has 0 bridgehead atoms. The van der Waals surface area contributed by atoms with Gasteiger partial charge in [0.15, 0.2) is 0 Å². The summed E-state index contributed by atoms with van der Waals surface area (Å²) >= 11 is 0. The smallest absolute Gasteiger partial charge is 0.0547 e. The molecule has 1 aromatic heterocycles. The van der Waals surface area contributed by atoms with E-state index in [1.165, 1.54) is 5.69 Å². The minimum atomic E-state index is 0.551. The highest BCUT2D eigenvalue weighted by molar-refractivity contribution is 4.98. The highest BCUT2D eigenvalue weighted by Gasteiger charge is 2.19. The maximum absolute atomic E-state index is 5.69. The third-order valence-corrected chi connectivity index (χ3v) is 2.71. The summed E-state index contributed by atoms with van der Waals surface area (Å²) in [6.07, 6.45) is 4.09. The predicted octanol–water partition coefficient (Wildman–Crippen LogP) is 0.702. The molecule has 0 amide bonds. The van der Waals surface area contributed by atoms with Gasteiger partial charge in [0, 0.05) is 25.0 Å². The zero-order valence-electron chi connectivity index (χ0n) is 7.98. The number of hydrogen-bond donors (Lipinski definition) is 1. The van der Waals surface area contributed by atoms with Gasteiger partial charge in [0.2, 0.25) is 0 Å². The lowest BCUT2D eigenvalue weighted by molar-refractivity contribution is 0.182. The van der Waals surface area contributed by atoms with Gasteiger partial charge in [-0.2, -0.15) is 5.10 Å². The molecular formula is C9H16N4. The van der Waals surface area contributed by atoms with Crippen molar-refractivity contribution in [2.45, 2.75) is 25.8 Å². The molecule has 4 nitrogen and oxygen atoms in total. The summed E-state index contributed by atoms with van der Waals surface area (Å²) in [6, 6.07) is 2.60. The van der Waals surface area contributed by atoms with Gasteiger partial charge in [0.05, 0.1) is 6.04 Å². The highest BCUT2D eigenvalue weighted by Crippen LogP contribution is 2.21. The second kappa shape index (κ2) is 3.47. The average molecular weight is 180 g/mol. The van der Waals surface area contributed by atoms with Crippen LogP contribution in [0.4, 0.5) is 0 Å². The van der Waals surface area contributed by atoms with E-state index in [0.717, 1.165) is 25.9 Å². The van der Waals surface area contributed by atoms with Gasteiger partial charge in [-0.15, -0.1) is 0 Å². The molecule has 2 N–H and O–H groups in total. The Labute approximate surface area is 78.3 Å². The van der Waals surface area contributed by atoms with Gasteiger partial charge >= 0.3 is 0 Å². The molecule has 0 atom stereocenters. The first-order valence-electron chi connectivity index (χ1n) is 4.77. The average Bonchev–Trinajstić information content (AvgIpc) is 2.53. The Bertz CT molecular complexity index is 273. The van der Waals surface area contributed by atoms with Crippen molar-refractivity contribution in [2.75, 3.05) is 13.1 Å². The fourth-order valence-corrected chi connectivity index (χ4v) is 1.89. The van der Waals surface area contributed by atoms with Crippen molar-refractivity contribution >= 4 is 0 Å². The van der Waals surface area contributed by atoms with Crippen LogP contribution >= 0.6 is 0 Å². The number of piperidine rings is 1. The standard InChI is InChI=1S/C9H16N4/c1-8-2-5-11-13(8)9-3-6-12(10)7-4-9/h2,5,9H,3-4,6-7,10H2,1H3. The number of nitrogens with two attached hydrogens (primary N) is 1. The Morgan fingerprint density at radius 2 is 2.15 bits per heavy atom. The zero-order valence-corrected chi connectivity index (χ0v) is 7.98. The third-order valence-electron chi connectivity index (χ3n) is 2.71. The molecule has 0 unspecified atom stereocenters. The molecule has 0 aromatic carbocycles. The third kappa shape index (κ3) is 1.73. The summed E-state index contributed by atoms with van der Waals surface area (Å²) in [4.78, 5) is 0. The molecule has 0 saturated carbocycles. The van der Waals surface area contributed by atoms with Gasteiger partial charge in [0.1, 0.15) is 0 Å². The van der Waals surface area contributed by atoms with Crippen LogP contribution in [-0.2, 0) is 0 Å². The second-order valence-corrected chi connectivity index (χ2v) is 3.68. The van der Waals surface area contributed by atoms with Crippen LogP contribution in [0.2, 0.25) is 0 Å². The SMILES string of the molecule is Cc1ccnn1C1CCN(N)CC1. The summed E-state index contributed by atoms with van der Waals surface area (Å²) in [5, 5.41) is 6.21. The number of aromatic nitrogens is 2. The molecular weight excluding hydrogens is 164 g/mol. The van der Waals surface area contributed by atoms with Crippen molar-refractivity contribution in [1.82, 2.24) is 14.8 Å². The number of nitrogens with zero attached hydrogens (tertiary/aromatic N) is 3. The van der Waals surface area contributed by atoms with Gasteiger partial charge in [-0.1, -0.05) is 0 Å². The van der Waals surface area contributed by atoms with Crippen molar-refractivity contribution < 1.29 is 0 Å². The lowest BCUT2D eigenvalue weighted by Crippen LogP contribution is -2.39. The molecule has 2 heterocycles. The fraction of sp³-hybridized carbons (Fsp3) is 0.667. The van der Waals surface area contributed by atoms with Crippen molar-refractivity contribution in [3.63, 3.8) is 0 Å².